The number of carbonyl (C=O) groups is 1. The molecule has 0 saturated heterocycles. The number of halogens is 1. The number of benzene rings is 2. The van der Waals surface area contributed by atoms with Crippen LogP contribution in [0, 0.1) is 6.92 Å². The van der Waals surface area contributed by atoms with E-state index in [0.717, 1.165) is 11.1 Å². The van der Waals surface area contributed by atoms with Crippen LogP contribution in [-0.2, 0) is 21.2 Å². The molecule has 1 heterocycles. The van der Waals surface area contributed by atoms with E-state index in [2.05, 4.69) is 20.7 Å². The second-order valence-electron chi connectivity index (χ2n) is 6.33. The molecule has 7 heteroatoms. The van der Waals surface area contributed by atoms with Crippen LogP contribution in [0.5, 0.6) is 0 Å². The van der Waals surface area contributed by atoms with Gasteiger partial charge < -0.3 is 4.90 Å². The predicted molar refractivity (Wildman–Crippen MR) is 102 cm³/mol. The van der Waals surface area contributed by atoms with Gasteiger partial charge in [0.15, 0.2) is 0 Å². The van der Waals surface area contributed by atoms with Gasteiger partial charge in [-0.1, -0.05) is 33.6 Å². The first-order valence-electron chi connectivity index (χ1n) is 7.91. The number of rotatable bonds is 3. The number of sulfonamides is 1. The zero-order chi connectivity index (χ0) is 18.4. The standard InChI is InChI=1S/C18H19BrN2O3S/c1-11-4-6-16(7-5-11)20-25(23,24)17-10-15(19)9-14-8-12(2)21(13(3)22)18(14)17/h4-7,9-10,12,20H,8H2,1-3H3/t12-/m1/s1. The summed E-state index contributed by atoms with van der Waals surface area (Å²) in [6, 6.07) is 10.5. The molecule has 3 rings (SSSR count). The Morgan fingerprint density at radius 2 is 1.88 bits per heavy atom. The zero-order valence-corrected chi connectivity index (χ0v) is 16.6. The molecule has 1 atom stereocenters. The maximum atomic E-state index is 13.0. The molecule has 0 aliphatic carbocycles. The molecule has 1 aliphatic heterocycles. The highest BCUT2D eigenvalue weighted by molar-refractivity contribution is 9.10. The van der Waals surface area contributed by atoms with Crippen molar-refractivity contribution in [2.45, 2.75) is 38.1 Å². The van der Waals surface area contributed by atoms with E-state index in [0.29, 0.717) is 22.3 Å². The fourth-order valence-corrected chi connectivity index (χ4v) is 5.17. The molecule has 25 heavy (non-hydrogen) atoms. The molecule has 0 radical (unpaired) electrons. The summed E-state index contributed by atoms with van der Waals surface area (Å²) in [6.07, 6.45) is 0.626. The monoisotopic (exact) mass is 422 g/mol. The predicted octanol–water partition coefficient (Wildman–Crippen LogP) is 3.86. The smallest absolute Gasteiger partial charge is 0.264 e. The lowest BCUT2D eigenvalue weighted by Crippen LogP contribution is -2.34. The largest absolute Gasteiger partial charge is 0.308 e. The highest BCUT2D eigenvalue weighted by Crippen LogP contribution is 2.40. The van der Waals surface area contributed by atoms with Crippen LogP contribution in [0.1, 0.15) is 25.0 Å². The summed E-state index contributed by atoms with van der Waals surface area (Å²) in [5.74, 6) is -0.166. The van der Waals surface area contributed by atoms with Crippen molar-refractivity contribution < 1.29 is 13.2 Å². The van der Waals surface area contributed by atoms with Crippen LogP contribution in [0.4, 0.5) is 11.4 Å². The normalized spacial score (nSPS) is 16.6. The molecule has 0 spiro atoms. The molecule has 0 fully saturated rings. The molecular weight excluding hydrogens is 404 g/mol. The third kappa shape index (κ3) is 3.43. The van der Waals surface area contributed by atoms with E-state index < -0.39 is 10.0 Å². The Morgan fingerprint density at radius 3 is 2.48 bits per heavy atom. The van der Waals surface area contributed by atoms with Crippen LogP contribution < -0.4 is 9.62 Å². The van der Waals surface area contributed by atoms with E-state index in [1.807, 2.05) is 32.0 Å². The first-order chi connectivity index (χ1) is 11.7. The number of aryl methyl sites for hydroxylation is 1. The first-order valence-corrected chi connectivity index (χ1v) is 10.2. The van der Waals surface area contributed by atoms with E-state index in [1.54, 1.807) is 23.1 Å². The van der Waals surface area contributed by atoms with Gasteiger partial charge in [-0.25, -0.2) is 8.42 Å². The number of fused-ring (bicyclic) bond motifs is 1. The third-order valence-electron chi connectivity index (χ3n) is 4.25. The molecule has 0 saturated carbocycles. The molecule has 0 aromatic heterocycles. The average molecular weight is 423 g/mol. The summed E-state index contributed by atoms with van der Waals surface area (Å²) in [5.41, 5.74) is 2.85. The van der Waals surface area contributed by atoms with Gasteiger partial charge in [0.05, 0.1) is 5.69 Å². The minimum atomic E-state index is -3.84. The van der Waals surface area contributed by atoms with Crippen molar-refractivity contribution in [3.63, 3.8) is 0 Å². The summed E-state index contributed by atoms with van der Waals surface area (Å²) < 4.78 is 29.3. The van der Waals surface area contributed by atoms with Gasteiger partial charge in [0, 0.05) is 23.1 Å². The first kappa shape index (κ1) is 17.9. The zero-order valence-electron chi connectivity index (χ0n) is 14.2. The van der Waals surface area contributed by atoms with Gasteiger partial charge in [-0.05, 0) is 50.1 Å². The number of nitrogens with zero attached hydrogens (tertiary/aromatic N) is 1. The summed E-state index contributed by atoms with van der Waals surface area (Å²) in [4.78, 5) is 13.7. The molecular formula is C18H19BrN2O3S. The van der Waals surface area contributed by atoms with Gasteiger partial charge in [-0.2, -0.15) is 0 Å². The minimum Gasteiger partial charge on any atom is -0.308 e. The molecule has 0 unspecified atom stereocenters. The third-order valence-corrected chi connectivity index (χ3v) is 6.10. The van der Waals surface area contributed by atoms with Crippen molar-refractivity contribution in [1.29, 1.82) is 0 Å². The minimum absolute atomic E-state index is 0.0740. The lowest BCUT2D eigenvalue weighted by atomic mass is 10.1. The van der Waals surface area contributed by atoms with E-state index in [4.69, 9.17) is 0 Å². The Balaban J connectivity index is 2.11. The van der Waals surface area contributed by atoms with Crippen molar-refractivity contribution in [2.24, 2.45) is 0 Å². The fraction of sp³-hybridized carbons (Fsp3) is 0.278. The lowest BCUT2D eigenvalue weighted by molar-refractivity contribution is -0.116. The van der Waals surface area contributed by atoms with E-state index in [9.17, 15) is 13.2 Å². The molecule has 1 N–H and O–H groups in total. The molecule has 5 nitrogen and oxygen atoms in total. The number of hydrogen-bond donors (Lipinski definition) is 1. The van der Waals surface area contributed by atoms with Gasteiger partial charge >= 0.3 is 0 Å². The second-order valence-corrected chi connectivity index (χ2v) is 8.89. The van der Waals surface area contributed by atoms with Crippen molar-refractivity contribution in [3.8, 4) is 0 Å². The van der Waals surface area contributed by atoms with Gasteiger partial charge in [-0.15, -0.1) is 0 Å². The summed E-state index contributed by atoms with van der Waals surface area (Å²) in [6.45, 7) is 5.31. The van der Waals surface area contributed by atoms with Gasteiger partial charge in [-0.3, -0.25) is 9.52 Å². The lowest BCUT2D eigenvalue weighted by Gasteiger charge is -2.23. The molecule has 1 aliphatic rings. The second kappa shape index (κ2) is 6.46. The molecule has 2 aromatic rings. The number of nitrogens with one attached hydrogen (secondary N) is 1. The Kier molecular flexibility index (Phi) is 4.64. The van der Waals surface area contributed by atoms with Crippen LogP contribution in [0.15, 0.2) is 45.8 Å². The molecule has 0 bridgehead atoms. The summed E-state index contributed by atoms with van der Waals surface area (Å²) in [5, 5.41) is 0. The van der Waals surface area contributed by atoms with Crippen LogP contribution in [0.25, 0.3) is 0 Å². The van der Waals surface area contributed by atoms with Crippen LogP contribution in [-0.4, -0.2) is 20.4 Å². The van der Waals surface area contributed by atoms with Crippen LogP contribution in [0.2, 0.25) is 0 Å². The summed E-state index contributed by atoms with van der Waals surface area (Å²) in [7, 11) is -3.84. The Labute approximate surface area is 156 Å². The Bertz CT molecular complexity index is 940. The van der Waals surface area contributed by atoms with E-state index in [-0.39, 0.29) is 16.8 Å². The Morgan fingerprint density at radius 1 is 1.24 bits per heavy atom. The number of anilines is 2. The maximum absolute atomic E-state index is 13.0. The highest BCUT2D eigenvalue weighted by Gasteiger charge is 2.35. The van der Waals surface area contributed by atoms with Crippen LogP contribution in [0.3, 0.4) is 0 Å². The van der Waals surface area contributed by atoms with Crippen molar-refractivity contribution >= 4 is 43.2 Å². The van der Waals surface area contributed by atoms with Crippen molar-refractivity contribution in [2.75, 3.05) is 9.62 Å². The molecule has 2 aromatic carbocycles. The van der Waals surface area contributed by atoms with Gasteiger partial charge in [0.1, 0.15) is 4.90 Å². The van der Waals surface area contributed by atoms with Crippen molar-refractivity contribution in [1.82, 2.24) is 0 Å². The number of amides is 1. The summed E-state index contributed by atoms with van der Waals surface area (Å²) >= 11 is 3.38. The topological polar surface area (TPSA) is 66.5 Å². The molecule has 132 valence electrons. The van der Waals surface area contributed by atoms with E-state index >= 15 is 0 Å². The number of carbonyl (C=O) groups excluding carboxylic acids is 1. The fourth-order valence-electron chi connectivity index (χ4n) is 3.19. The number of hydrogen-bond acceptors (Lipinski definition) is 3. The van der Waals surface area contributed by atoms with Gasteiger partial charge in [0.2, 0.25) is 5.91 Å². The molecule has 1 amide bonds. The maximum Gasteiger partial charge on any atom is 0.264 e. The quantitative estimate of drug-likeness (QED) is 0.816. The van der Waals surface area contributed by atoms with Crippen LogP contribution >= 0.6 is 15.9 Å². The van der Waals surface area contributed by atoms with Gasteiger partial charge in [0.25, 0.3) is 10.0 Å². The SMILES string of the molecule is CC(=O)N1c2c(cc(Br)cc2S(=O)(=O)Nc2ccc(C)cc2)C[C@H]1C. The van der Waals surface area contributed by atoms with E-state index in [1.165, 1.54) is 6.92 Å². The van der Waals surface area contributed by atoms with Crippen molar-refractivity contribution in [3.05, 3.63) is 52.0 Å². The average Bonchev–Trinajstić information content (AvgIpc) is 2.84. The Hall–Kier alpha value is -1.86. The highest BCUT2D eigenvalue weighted by atomic mass is 79.9.